The molecule has 17 heavy (non-hydrogen) atoms. The molecule has 0 amide bonds. The van der Waals surface area contributed by atoms with Crippen molar-refractivity contribution in [1.29, 1.82) is 0 Å². The summed E-state index contributed by atoms with van der Waals surface area (Å²) in [6, 6.07) is 0. The first-order chi connectivity index (χ1) is 7.92. The van der Waals surface area contributed by atoms with Crippen LogP contribution in [0.1, 0.15) is 18.2 Å². The lowest BCUT2D eigenvalue weighted by Gasteiger charge is -2.04. The molecule has 0 saturated carbocycles. The van der Waals surface area contributed by atoms with Crippen LogP contribution in [0.15, 0.2) is 6.20 Å². The van der Waals surface area contributed by atoms with Crippen LogP contribution < -0.4 is 10.0 Å². The third-order valence-electron chi connectivity index (χ3n) is 2.31. The van der Waals surface area contributed by atoms with E-state index in [0.29, 0.717) is 19.6 Å². The van der Waals surface area contributed by atoms with Crippen molar-refractivity contribution in [3.05, 3.63) is 17.5 Å². The van der Waals surface area contributed by atoms with E-state index in [1.807, 2.05) is 13.2 Å². The van der Waals surface area contributed by atoms with Crippen LogP contribution in [0.4, 0.5) is 0 Å². The Morgan fingerprint density at radius 3 is 2.71 bits per heavy atom. The van der Waals surface area contributed by atoms with E-state index in [1.165, 1.54) is 0 Å². The Kier molecular flexibility index (Phi) is 5.10. The van der Waals surface area contributed by atoms with Gasteiger partial charge in [0.25, 0.3) is 0 Å². The van der Waals surface area contributed by atoms with Crippen molar-refractivity contribution in [2.24, 2.45) is 7.05 Å². The molecule has 1 rings (SSSR count). The highest BCUT2D eigenvalue weighted by molar-refractivity contribution is 7.88. The molecule has 6 nitrogen and oxygen atoms in total. The Balaban J connectivity index is 2.31. The minimum Gasteiger partial charge on any atom is -0.311 e. The molecule has 98 valence electrons. The highest BCUT2D eigenvalue weighted by Gasteiger charge is 2.05. The first-order valence-electron chi connectivity index (χ1n) is 5.59. The Hall–Kier alpha value is -0.920. The molecule has 1 heterocycles. The molecule has 0 atom stereocenters. The van der Waals surface area contributed by atoms with Gasteiger partial charge in [-0.3, -0.25) is 4.68 Å². The van der Waals surface area contributed by atoms with Crippen molar-refractivity contribution in [2.45, 2.75) is 19.9 Å². The maximum Gasteiger partial charge on any atom is 0.208 e. The first kappa shape index (κ1) is 14.1. The molecule has 0 aliphatic heterocycles. The highest BCUT2D eigenvalue weighted by atomic mass is 32.2. The van der Waals surface area contributed by atoms with Crippen LogP contribution in [-0.2, 0) is 30.0 Å². The highest BCUT2D eigenvalue weighted by Crippen LogP contribution is 2.06. The number of sulfonamides is 1. The molecule has 0 fully saturated rings. The summed E-state index contributed by atoms with van der Waals surface area (Å²) < 4.78 is 25.9. The van der Waals surface area contributed by atoms with Crippen molar-refractivity contribution in [3.8, 4) is 0 Å². The van der Waals surface area contributed by atoms with E-state index in [1.54, 1.807) is 4.68 Å². The van der Waals surface area contributed by atoms with E-state index in [4.69, 9.17) is 0 Å². The van der Waals surface area contributed by atoms with E-state index in [-0.39, 0.29) is 0 Å². The fourth-order valence-corrected chi connectivity index (χ4v) is 2.05. The summed E-state index contributed by atoms with van der Waals surface area (Å²) in [6.07, 6.45) is 4.04. The fraction of sp³-hybridized carbons (Fsp3) is 0.700. The van der Waals surface area contributed by atoms with Gasteiger partial charge in [-0.2, -0.15) is 5.10 Å². The minimum absolute atomic E-state index is 0.403. The standard InChI is InChI=1S/C10H20N4O2S/c1-4-10-9(8-14(2)13-10)7-11-5-6-12-17(3,15)16/h8,11-12H,4-7H2,1-3H3. The van der Waals surface area contributed by atoms with Crippen molar-refractivity contribution in [1.82, 2.24) is 19.8 Å². The van der Waals surface area contributed by atoms with Gasteiger partial charge in [-0.1, -0.05) is 6.92 Å². The van der Waals surface area contributed by atoms with Gasteiger partial charge in [0.05, 0.1) is 11.9 Å². The van der Waals surface area contributed by atoms with Gasteiger partial charge in [0.2, 0.25) is 10.0 Å². The van der Waals surface area contributed by atoms with Crippen molar-refractivity contribution < 1.29 is 8.42 Å². The molecule has 1 aromatic heterocycles. The number of aryl methyl sites for hydroxylation is 2. The molecule has 0 unspecified atom stereocenters. The fourth-order valence-electron chi connectivity index (χ4n) is 1.58. The summed E-state index contributed by atoms with van der Waals surface area (Å²) >= 11 is 0. The van der Waals surface area contributed by atoms with E-state index in [2.05, 4.69) is 22.1 Å². The Morgan fingerprint density at radius 2 is 2.12 bits per heavy atom. The number of aromatic nitrogens is 2. The van der Waals surface area contributed by atoms with Gasteiger partial charge in [0, 0.05) is 38.4 Å². The van der Waals surface area contributed by atoms with Crippen molar-refractivity contribution >= 4 is 10.0 Å². The number of hydrogen-bond acceptors (Lipinski definition) is 4. The molecule has 0 aromatic carbocycles. The molecule has 1 aromatic rings. The van der Waals surface area contributed by atoms with Crippen LogP contribution in [0, 0.1) is 0 Å². The minimum atomic E-state index is -3.08. The van der Waals surface area contributed by atoms with E-state index in [0.717, 1.165) is 23.9 Å². The Morgan fingerprint density at radius 1 is 1.41 bits per heavy atom. The maximum absolute atomic E-state index is 10.8. The third kappa shape index (κ3) is 5.29. The quantitative estimate of drug-likeness (QED) is 0.655. The zero-order chi connectivity index (χ0) is 12.9. The average Bonchev–Trinajstić information content (AvgIpc) is 2.57. The Bertz CT molecular complexity index is 453. The molecular weight excluding hydrogens is 240 g/mol. The summed E-state index contributed by atoms with van der Waals surface area (Å²) in [5.41, 5.74) is 2.24. The van der Waals surface area contributed by atoms with Gasteiger partial charge in [0.15, 0.2) is 0 Å². The first-order valence-corrected chi connectivity index (χ1v) is 7.48. The van der Waals surface area contributed by atoms with Crippen LogP contribution in [0.3, 0.4) is 0 Å². The van der Waals surface area contributed by atoms with Crippen molar-refractivity contribution in [2.75, 3.05) is 19.3 Å². The van der Waals surface area contributed by atoms with E-state index in [9.17, 15) is 8.42 Å². The summed E-state index contributed by atoms with van der Waals surface area (Å²) in [7, 11) is -1.19. The molecular formula is C10H20N4O2S. The number of nitrogens with one attached hydrogen (secondary N) is 2. The van der Waals surface area contributed by atoms with Gasteiger partial charge in [-0.15, -0.1) is 0 Å². The number of hydrogen-bond donors (Lipinski definition) is 2. The summed E-state index contributed by atoms with van der Waals surface area (Å²) in [6.45, 7) is 3.78. The normalized spacial score (nSPS) is 11.9. The molecule has 0 saturated heterocycles. The van der Waals surface area contributed by atoms with Gasteiger partial charge < -0.3 is 5.32 Å². The molecule has 0 bridgehead atoms. The second-order valence-corrected chi connectivity index (χ2v) is 5.80. The van der Waals surface area contributed by atoms with Crippen molar-refractivity contribution in [3.63, 3.8) is 0 Å². The van der Waals surface area contributed by atoms with Crippen LogP contribution in [0.2, 0.25) is 0 Å². The summed E-state index contributed by atoms with van der Waals surface area (Å²) in [5, 5.41) is 7.51. The smallest absolute Gasteiger partial charge is 0.208 e. The van der Waals surface area contributed by atoms with Crippen LogP contribution in [0.5, 0.6) is 0 Å². The summed E-state index contributed by atoms with van der Waals surface area (Å²) in [5.74, 6) is 0. The predicted octanol–water partition coefficient (Wildman–Crippen LogP) is -0.379. The lowest BCUT2D eigenvalue weighted by molar-refractivity contribution is 0.581. The lowest BCUT2D eigenvalue weighted by Crippen LogP contribution is -2.30. The van der Waals surface area contributed by atoms with Gasteiger partial charge in [-0.25, -0.2) is 13.1 Å². The third-order valence-corrected chi connectivity index (χ3v) is 3.04. The van der Waals surface area contributed by atoms with Crippen LogP contribution in [-0.4, -0.2) is 37.5 Å². The maximum atomic E-state index is 10.8. The summed E-state index contributed by atoms with van der Waals surface area (Å²) in [4.78, 5) is 0. The van der Waals surface area contributed by atoms with Crippen LogP contribution in [0.25, 0.3) is 0 Å². The molecule has 0 radical (unpaired) electrons. The molecule has 0 aliphatic carbocycles. The Labute approximate surface area is 102 Å². The van der Waals surface area contributed by atoms with Gasteiger partial charge in [0.1, 0.15) is 0 Å². The van der Waals surface area contributed by atoms with E-state index >= 15 is 0 Å². The SMILES string of the molecule is CCc1nn(C)cc1CNCCNS(C)(=O)=O. The second kappa shape index (κ2) is 6.13. The van der Waals surface area contributed by atoms with Crippen LogP contribution >= 0.6 is 0 Å². The predicted molar refractivity (Wildman–Crippen MR) is 67.1 cm³/mol. The monoisotopic (exact) mass is 260 g/mol. The van der Waals surface area contributed by atoms with E-state index < -0.39 is 10.0 Å². The zero-order valence-electron chi connectivity index (χ0n) is 10.5. The molecule has 0 aliphatic rings. The largest absolute Gasteiger partial charge is 0.311 e. The zero-order valence-corrected chi connectivity index (χ0v) is 11.3. The molecule has 0 spiro atoms. The van der Waals surface area contributed by atoms with Gasteiger partial charge in [-0.05, 0) is 6.42 Å². The number of rotatable bonds is 7. The van der Waals surface area contributed by atoms with Gasteiger partial charge >= 0.3 is 0 Å². The lowest BCUT2D eigenvalue weighted by atomic mass is 10.2. The number of nitrogens with zero attached hydrogens (tertiary/aromatic N) is 2. The molecule has 2 N–H and O–H groups in total. The molecule has 7 heteroatoms. The second-order valence-electron chi connectivity index (χ2n) is 3.97. The average molecular weight is 260 g/mol. The topological polar surface area (TPSA) is 76.0 Å².